The van der Waals surface area contributed by atoms with Gasteiger partial charge in [-0.05, 0) is 31.4 Å². The van der Waals surface area contributed by atoms with E-state index in [0.29, 0.717) is 11.4 Å². The van der Waals surface area contributed by atoms with Crippen LogP contribution in [0.1, 0.15) is 49.9 Å². The number of aliphatic carboxylic acids is 1. The average molecular weight is 844 g/mol. The molecule has 2 heterocycles. The molecule has 2 bridgehead atoms. The maximum Gasteiger partial charge on any atom is 0.323 e. The van der Waals surface area contributed by atoms with Gasteiger partial charge in [-0.1, -0.05) is 6.07 Å². The Morgan fingerprint density at radius 3 is 1.31 bits per heavy atom. The quantitative estimate of drug-likeness (QED) is 0.0437. The monoisotopic (exact) mass is 843 g/mol. The smallest absolute Gasteiger partial charge is 0.323 e. The molecule has 59 heavy (non-hydrogen) atoms. The van der Waals surface area contributed by atoms with Crippen LogP contribution in [0.3, 0.4) is 0 Å². The van der Waals surface area contributed by atoms with Gasteiger partial charge in [0.15, 0.2) is 0 Å². The summed E-state index contributed by atoms with van der Waals surface area (Å²) in [6, 6.07) is 1.77. The molecule has 6 unspecified atom stereocenters. The fraction of sp³-hybridized carbons (Fsp3) is 0.703. The number of fused-ring (bicyclic) bond motifs is 2. The highest BCUT2D eigenvalue weighted by molar-refractivity contribution is 5.80. The van der Waals surface area contributed by atoms with Crippen molar-refractivity contribution < 1.29 is 74.0 Å². The van der Waals surface area contributed by atoms with E-state index in [1.54, 1.807) is 32.9 Å². The summed E-state index contributed by atoms with van der Waals surface area (Å²) in [4.78, 5) is 87.3. The zero-order chi connectivity index (χ0) is 43.9. The molecule has 0 radical (unpaired) electrons. The van der Waals surface area contributed by atoms with Crippen LogP contribution in [0.4, 0.5) is 0 Å². The van der Waals surface area contributed by atoms with E-state index in [2.05, 4.69) is 16.0 Å². The Bertz CT molecular complexity index is 1490. The third-order valence-electron chi connectivity index (χ3n) is 9.67. The zero-order valence-corrected chi connectivity index (χ0v) is 33.6. The van der Waals surface area contributed by atoms with Crippen molar-refractivity contribution in [1.82, 2.24) is 35.6 Å². The van der Waals surface area contributed by atoms with Crippen molar-refractivity contribution in [3.05, 3.63) is 29.6 Å². The number of nitrogens with one attached hydrogen (secondary N) is 3. The standard InChI is InChI=1S/C37H61N7O15/c1-58-36(56)30(7-10-33(52)39-17-27(49)22-46)42-12-14-43(29(35(54)55)6-9-32(51)38-16-26(48)21-45)19-24-4-3-5-25(41-24)20-44(15-13-42)31(37(57)59-2)8-11-34(53)40-18-28(50)23-47/h3-5,26-31,45-50H,6-23H2,1-2H3,(H,38,51)(H,39,52)(H,40,53)(H,54,55). The highest BCUT2D eigenvalue weighted by atomic mass is 16.5. The van der Waals surface area contributed by atoms with Gasteiger partial charge >= 0.3 is 17.9 Å². The molecular formula is C37H61N7O15. The number of rotatable bonds is 24. The maximum absolute atomic E-state index is 13.4. The fourth-order valence-corrected chi connectivity index (χ4v) is 6.34. The molecule has 0 saturated carbocycles. The van der Waals surface area contributed by atoms with Crippen molar-refractivity contribution >= 4 is 35.6 Å². The predicted octanol–water partition coefficient (Wildman–Crippen LogP) is -4.71. The zero-order valence-electron chi connectivity index (χ0n) is 33.6. The Morgan fingerprint density at radius 1 is 0.610 bits per heavy atom. The fourth-order valence-electron chi connectivity index (χ4n) is 6.34. The molecule has 6 atom stereocenters. The van der Waals surface area contributed by atoms with E-state index in [1.165, 1.54) is 14.2 Å². The van der Waals surface area contributed by atoms with Gasteiger partial charge in [-0.2, -0.15) is 0 Å². The van der Waals surface area contributed by atoms with Gasteiger partial charge in [0.05, 0.1) is 63.7 Å². The molecule has 22 heteroatoms. The highest BCUT2D eigenvalue weighted by Crippen LogP contribution is 2.20. The number of esters is 2. The second-order valence-corrected chi connectivity index (χ2v) is 14.1. The predicted molar refractivity (Wildman–Crippen MR) is 206 cm³/mol. The van der Waals surface area contributed by atoms with Crippen LogP contribution < -0.4 is 16.0 Å². The van der Waals surface area contributed by atoms with Crippen LogP contribution in [0, 0.1) is 0 Å². The number of hydrogen-bond donors (Lipinski definition) is 10. The minimum Gasteiger partial charge on any atom is -0.480 e. The van der Waals surface area contributed by atoms with Crippen LogP contribution in [-0.4, -0.2) is 207 Å². The largest absolute Gasteiger partial charge is 0.480 e. The summed E-state index contributed by atoms with van der Waals surface area (Å²) in [5.41, 5.74) is 0.915. The van der Waals surface area contributed by atoms with Crippen LogP contribution in [0.5, 0.6) is 0 Å². The van der Waals surface area contributed by atoms with E-state index in [0.717, 1.165) is 0 Å². The van der Waals surface area contributed by atoms with Crippen LogP contribution in [0.15, 0.2) is 18.2 Å². The molecule has 22 nitrogen and oxygen atoms in total. The van der Waals surface area contributed by atoms with E-state index >= 15 is 0 Å². The van der Waals surface area contributed by atoms with Gasteiger partial charge in [-0.3, -0.25) is 48.5 Å². The Hall–Kier alpha value is -4.39. The molecule has 1 aliphatic rings. The van der Waals surface area contributed by atoms with E-state index in [4.69, 9.17) is 29.8 Å². The first kappa shape index (κ1) is 50.8. The molecule has 0 fully saturated rings. The molecule has 10 N–H and O–H groups in total. The number of ether oxygens (including phenoxy) is 2. The molecule has 0 saturated heterocycles. The van der Waals surface area contributed by atoms with Gasteiger partial charge in [-0.15, -0.1) is 0 Å². The van der Waals surface area contributed by atoms with E-state index in [9.17, 15) is 49.2 Å². The molecule has 1 aliphatic heterocycles. The lowest BCUT2D eigenvalue weighted by Crippen LogP contribution is -2.52. The molecule has 0 aliphatic carbocycles. The molecule has 0 spiro atoms. The number of amides is 3. The lowest BCUT2D eigenvalue weighted by Gasteiger charge is -2.37. The molecule has 3 amide bonds. The Labute approximate surface area is 342 Å². The van der Waals surface area contributed by atoms with Crippen molar-refractivity contribution in [2.45, 2.75) is 88.1 Å². The lowest BCUT2D eigenvalue weighted by atomic mass is 10.1. The topological polar surface area (TPSA) is 321 Å². The van der Waals surface area contributed by atoms with Gasteiger partial charge in [0.2, 0.25) is 17.7 Å². The number of pyridine rings is 1. The number of aromatic nitrogens is 1. The number of aliphatic hydroxyl groups excluding tert-OH is 6. The lowest BCUT2D eigenvalue weighted by molar-refractivity contribution is -0.150. The van der Waals surface area contributed by atoms with Gasteiger partial charge in [-0.25, -0.2) is 0 Å². The van der Waals surface area contributed by atoms with Crippen molar-refractivity contribution in [3.8, 4) is 0 Å². The van der Waals surface area contributed by atoms with Gasteiger partial charge in [0.25, 0.3) is 0 Å². The van der Waals surface area contributed by atoms with Crippen LogP contribution in [0.25, 0.3) is 0 Å². The first-order valence-corrected chi connectivity index (χ1v) is 19.4. The number of nitrogens with zero attached hydrogens (tertiary/aromatic N) is 4. The molecule has 1 aromatic rings. The molecule has 2 rings (SSSR count). The Morgan fingerprint density at radius 2 is 0.949 bits per heavy atom. The van der Waals surface area contributed by atoms with Gasteiger partial charge in [0.1, 0.15) is 18.1 Å². The summed E-state index contributed by atoms with van der Waals surface area (Å²) in [5.74, 6) is -4.19. The van der Waals surface area contributed by atoms with Crippen molar-refractivity contribution in [1.29, 1.82) is 0 Å². The van der Waals surface area contributed by atoms with E-state index in [-0.39, 0.29) is 97.4 Å². The number of hydrogen-bond acceptors (Lipinski definition) is 18. The minimum atomic E-state index is -1.24. The van der Waals surface area contributed by atoms with Crippen molar-refractivity contribution in [2.24, 2.45) is 0 Å². The van der Waals surface area contributed by atoms with Gasteiger partial charge < -0.3 is 61.2 Å². The summed E-state index contributed by atoms with van der Waals surface area (Å²) in [5, 5.41) is 74.1. The number of carbonyl (C=O) groups is 6. The summed E-state index contributed by atoms with van der Waals surface area (Å²) < 4.78 is 10.3. The molecule has 0 aromatic carbocycles. The highest BCUT2D eigenvalue weighted by Gasteiger charge is 2.34. The Kier molecular flexibility index (Phi) is 23.6. The SMILES string of the molecule is COC(=O)C(CCC(=O)NCC(O)CO)N1CCN(C(CCC(=O)NCC(O)CO)C(=O)O)Cc2cccc(n2)CN(C(CCC(=O)NCC(O)CO)C(=O)OC)CC1. The van der Waals surface area contributed by atoms with E-state index in [1.807, 2.05) is 0 Å². The summed E-state index contributed by atoms with van der Waals surface area (Å²) in [6.07, 6.45) is -4.45. The molecule has 334 valence electrons. The second kappa shape index (κ2) is 27.4. The van der Waals surface area contributed by atoms with Crippen LogP contribution in [0.2, 0.25) is 0 Å². The molecular weight excluding hydrogens is 782 g/mol. The first-order valence-electron chi connectivity index (χ1n) is 19.4. The van der Waals surface area contributed by atoms with Crippen LogP contribution >= 0.6 is 0 Å². The number of aliphatic hydroxyl groups is 6. The normalized spacial score (nSPS) is 17.4. The number of carbonyl (C=O) groups excluding carboxylic acids is 5. The van der Waals surface area contributed by atoms with Crippen LogP contribution in [-0.2, 0) is 51.3 Å². The number of methoxy groups -OCH3 is 2. The second-order valence-electron chi connectivity index (χ2n) is 14.1. The minimum absolute atomic E-state index is 0.00358. The third-order valence-corrected chi connectivity index (χ3v) is 9.67. The molecule has 1 aromatic heterocycles. The van der Waals surface area contributed by atoms with Crippen molar-refractivity contribution in [3.63, 3.8) is 0 Å². The maximum atomic E-state index is 13.4. The summed E-state index contributed by atoms with van der Waals surface area (Å²) in [6.45, 7) is -2.27. The van der Waals surface area contributed by atoms with Gasteiger partial charge in [0, 0.05) is 78.2 Å². The third kappa shape index (κ3) is 18.6. The Balaban J connectivity index is 2.56. The summed E-state index contributed by atoms with van der Waals surface area (Å²) >= 11 is 0. The average Bonchev–Trinajstić information content (AvgIpc) is 3.23. The van der Waals surface area contributed by atoms with E-state index < -0.39 is 91.9 Å². The number of carboxylic acid groups (broad SMARTS) is 1. The van der Waals surface area contributed by atoms with Crippen molar-refractivity contribution in [2.75, 3.05) is 79.9 Å². The summed E-state index contributed by atoms with van der Waals surface area (Å²) in [7, 11) is 2.37. The number of carboxylic acids is 1. The first-order chi connectivity index (χ1) is 28.1.